The molecule has 1 saturated carbocycles. The Morgan fingerprint density at radius 2 is 1.97 bits per heavy atom. The molecule has 1 fully saturated rings. The fourth-order valence-corrected chi connectivity index (χ4v) is 6.17. The lowest BCUT2D eigenvalue weighted by Crippen LogP contribution is -2.41. The Bertz CT molecular complexity index is 1600. The number of aldehydes is 1. The number of anilines is 2. The molecule has 4 aromatic rings. The number of fused-ring (bicyclic) bond motifs is 2. The molecule has 8 nitrogen and oxygen atoms in total. The molecular weight excluding hydrogens is 507 g/mol. The van der Waals surface area contributed by atoms with Crippen LogP contribution in [0, 0.1) is 17.7 Å². The van der Waals surface area contributed by atoms with Gasteiger partial charge in [0.1, 0.15) is 29.4 Å². The van der Waals surface area contributed by atoms with Crippen LogP contribution in [0.25, 0.3) is 22.4 Å². The van der Waals surface area contributed by atoms with Crippen LogP contribution in [0.3, 0.4) is 0 Å². The van der Waals surface area contributed by atoms with Gasteiger partial charge in [0.05, 0.1) is 23.0 Å². The average Bonchev–Trinajstić information content (AvgIpc) is 3.38. The molecule has 1 atom stereocenters. The van der Waals surface area contributed by atoms with E-state index in [0.29, 0.717) is 28.6 Å². The number of aromatic nitrogens is 4. The summed E-state index contributed by atoms with van der Waals surface area (Å²) in [6, 6.07) is 11.7. The minimum Gasteiger partial charge on any atom is -0.383 e. The minimum atomic E-state index is -0.877. The molecular formula is C28H26ClFN6O2. The molecule has 1 amide bonds. The van der Waals surface area contributed by atoms with Crippen molar-refractivity contribution in [2.45, 2.75) is 44.6 Å². The van der Waals surface area contributed by atoms with Crippen molar-refractivity contribution in [3.05, 3.63) is 64.4 Å². The molecule has 3 heterocycles. The zero-order chi connectivity index (χ0) is 26.6. The molecule has 0 bridgehead atoms. The monoisotopic (exact) mass is 532 g/mol. The van der Waals surface area contributed by atoms with Crippen molar-refractivity contribution in [2.75, 3.05) is 11.1 Å². The summed E-state index contributed by atoms with van der Waals surface area (Å²) in [7, 11) is 0. The highest BCUT2D eigenvalue weighted by Crippen LogP contribution is 2.50. The number of nitrogen functional groups attached to an aromatic ring is 1. The van der Waals surface area contributed by atoms with E-state index >= 15 is 0 Å². The molecule has 1 aliphatic carbocycles. The van der Waals surface area contributed by atoms with Gasteiger partial charge in [0, 0.05) is 16.3 Å². The number of carbonyl (C=O) groups excluding carboxylic acids is 2. The van der Waals surface area contributed by atoms with Gasteiger partial charge >= 0.3 is 0 Å². The lowest BCUT2D eigenvalue weighted by molar-refractivity contribution is -0.122. The predicted molar refractivity (Wildman–Crippen MR) is 143 cm³/mol. The van der Waals surface area contributed by atoms with Crippen LogP contribution < -0.4 is 11.1 Å². The highest BCUT2D eigenvalue weighted by Gasteiger charge is 2.51. The molecule has 6 rings (SSSR count). The number of carbonyl (C=O) groups is 2. The van der Waals surface area contributed by atoms with E-state index in [0.717, 1.165) is 48.4 Å². The van der Waals surface area contributed by atoms with Crippen molar-refractivity contribution in [3.8, 4) is 11.5 Å². The lowest BCUT2D eigenvalue weighted by Gasteiger charge is -2.36. The van der Waals surface area contributed by atoms with Crippen molar-refractivity contribution in [1.82, 2.24) is 19.7 Å². The Morgan fingerprint density at radius 3 is 2.71 bits per heavy atom. The van der Waals surface area contributed by atoms with Crippen LogP contribution in [0.15, 0.2) is 42.5 Å². The maximum absolute atomic E-state index is 13.8. The second-order valence-corrected chi connectivity index (χ2v) is 10.8. The van der Waals surface area contributed by atoms with Crippen molar-refractivity contribution >= 4 is 46.3 Å². The Balaban J connectivity index is 1.42. The average molecular weight is 533 g/mol. The van der Waals surface area contributed by atoms with E-state index in [4.69, 9.17) is 27.4 Å². The summed E-state index contributed by atoms with van der Waals surface area (Å²) in [5.74, 6) is 0.480. The summed E-state index contributed by atoms with van der Waals surface area (Å²) in [6.45, 7) is 2.21. The first-order valence-corrected chi connectivity index (χ1v) is 13.0. The summed E-state index contributed by atoms with van der Waals surface area (Å²) in [5.41, 5.74) is 8.21. The van der Waals surface area contributed by atoms with E-state index in [9.17, 15) is 14.0 Å². The second-order valence-electron chi connectivity index (χ2n) is 10.4. The van der Waals surface area contributed by atoms with Crippen LogP contribution in [0.2, 0.25) is 5.02 Å². The van der Waals surface area contributed by atoms with E-state index < -0.39 is 5.41 Å². The molecule has 2 aromatic carbocycles. The van der Waals surface area contributed by atoms with Crippen LogP contribution >= 0.6 is 11.6 Å². The Morgan fingerprint density at radius 1 is 1.18 bits per heavy atom. The number of nitrogens with two attached hydrogens (primary N) is 1. The van der Waals surface area contributed by atoms with Gasteiger partial charge in [0.25, 0.3) is 0 Å². The maximum Gasteiger partial charge on any atom is 0.236 e. The van der Waals surface area contributed by atoms with Crippen LogP contribution in [0.4, 0.5) is 16.0 Å². The molecule has 3 N–H and O–H groups in total. The van der Waals surface area contributed by atoms with Crippen LogP contribution in [0.1, 0.15) is 43.7 Å². The highest BCUT2D eigenvalue weighted by atomic mass is 35.5. The number of hydrogen-bond acceptors (Lipinski definition) is 6. The van der Waals surface area contributed by atoms with Crippen LogP contribution in [-0.2, 0) is 21.5 Å². The second kappa shape index (κ2) is 9.16. The van der Waals surface area contributed by atoms with Crippen molar-refractivity contribution in [3.63, 3.8) is 0 Å². The summed E-state index contributed by atoms with van der Waals surface area (Å²) in [5, 5.41) is 8.99. The Hall–Kier alpha value is -3.85. The summed E-state index contributed by atoms with van der Waals surface area (Å²) in [6.07, 6.45) is 4.02. The largest absolute Gasteiger partial charge is 0.383 e. The van der Waals surface area contributed by atoms with E-state index in [1.807, 2.05) is 19.1 Å². The third kappa shape index (κ3) is 3.93. The smallest absolute Gasteiger partial charge is 0.236 e. The van der Waals surface area contributed by atoms with E-state index in [-0.39, 0.29) is 35.2 Å². The third-order valence-electron chi connectivity index (χ3n) is 8.09. The fraction of sp³-hybridized carbons (Fsp3) is 0.321. The molecule has 0 spiro atoms. The fourth-order valence-electron chi connectivity index (χ4n) is 6.00. The number of benzene rings is 2. The number of halogens is 2. The quantitative estimate of drug-likeness (QED) is 0.344. The molecule has 0 radical (unpaired) electrons. The van der Waals surface area contributed by atoms with Crippen LogP contribution in [-0.4, -0.2) is 31.9 Å². The van der Waals surface area contributed by atoms with Gasteiger partial charge in [0.2, 0.25) is 5.91 Å². The summed E-state index contributed by atoms with van der Waals surface area (Å²) < 4.78 is 15.5. The predicted octanol–water partition coefficient (Wildman–Crippen LogP) is 5.13. The van der Waals surface area contributed by atoms with Gasteiger partial charge in [-0.3, -0.25) is 9.48 Å². The molecule has 0 unspecified atom stereocenters. The summed E-state index contributed by atoms with van der Waals surface area (Å²) in [4.78, 5) is 33.9. The maximum atomic E-state index is 13.8. The number of nitrogens with one attached hydrogen (secondary N) is 1. The molecule has 194 valence electrons. The number of hydrogen-bond donors (Lipinski definition) is 2. The van der Waals surface area contributed by atoms with Crippen molar-refractivity contribution in [2.24, 2.45) is 11.8 Å². The third-order valence-corrected chi connectivity index (χ3v) is 8.32. The molecule has 1 aliphatic heterocycles. The highest BCUT2D eigenvalue weighted by molar-refractivity contribution is 6.31. The normalized spacial score (nSPS) is 22.9. The van der Waals surface area contributed by atoms with Gasteiger partial charge in [-0.05, 0) is 74.4 Å². The van der Waals surface area contributed by atoms with Crippen LogP contribution in [0.5, 0.6) is 0 Å². The molecule has 2 aliphatic rings. The zero-order valence-electron chi connectivity index (χ0n) is 20.7. The van der Waals surface area contributed by atoms with Gasteiger partial charge in [-0.1, -0.05) is 23.7 Å². The van der Waals surface area contributed by atoms with Gasteiger partial charge < -0.3 is 15.8 Å². The Kier molecular flexibility index (Phi) is 5.90. The van der Waals surface area contributed by atoms with Crippen molar-refractivity contribution < 1.29 is 14.0 Å². The number of nitrogens with zero attached hydrogens (tertiary/aromatic N) is 4. The minimum absolute atomic E-state index is 0.0325. The van der Waals surface area contributed by atoms with Gasteiger partial charge in [-0.15, -0.1) is 0 Å². The molecule has 2 aromatic heterocycles. The first-order valence-electron chi connectivity index (χ1n) is 12.6. The van der Waals surface area contributed by atoms with Gasteiger partial charge in [-0.2, -0.15) is 5.10 Å². The first-order chi connectivity index (χ1) is 18.3. The SMILES string of the molecule is C[C@@]1(C2CCC(C=O)CC2)C(=O)Nc2nc(-c3nn(Cc4cccc(F)c4)c4cc(Cl)ccc34)nc(N)c21. The Labute approximate surface area is 223 Å². The first kappa shape index (κ1) is 24.5. The standard InChI is InChI=1S/C28H26ClFN6O2/c1-28(17-7-5-15(14-37)6-8-17)22-24(31)32-26(33-25(22)34-27(28)38)23-20-10-9-18(29)12-21(20)36(35-23)13-16-3-2-4-19(30)11-16/h2-4,9-12,14-15,17H,5-8,13H2,1H3,(H3,31,32,33,34,38)/t15?,17?,28-/m0/s1. The topological polar surface area (TPSA) is 116 Å². The molecule has 38 heavy (non-hydrogen) atoms. The summed E-state index contributed by atoms with van der Waals surface area (Å²) >= 11 is 6.30. The number of amides is 1. The molecule has 0 saturated heterocycles. The zero-order valence-corrected chi connectivity index (χ0v) is 21.5. The van der Waals surface area contributed by atoms with Gasteiger partial charge in [0.15, 0.2) is 5.82 Å². The van der Waals surface area contributed by atoms with Crippen molar-refractivity contribution in [1.29, 1.82) is 0 Å². The number of rotatable bonds is 5. The molecule has 10 heteroatoms. The van der Waals surface area contributed by atoms with Gasteiger partial charge in [-0.25, -0.2) is 14.4 Å². The lowest BCUT2D eigenvalue weighted by atomic mass is 9.65. The van der Waals surface area contributed by atoms with E-state index in [2.05, 4.69) is 10.3 Å². The van der Waals surface area contributed by atoms with E-state index in [1.165, 1.54) is 12.1 Å². The van der Waals surface area contributed by atoms with E-state index in [1.54, 1.807) is 22.9 Å².